The second kappa shape index (κ2) is 8.12. The molecule has 2 amide bonds. The van der Waals surface area contributed by atoms with E-state index in [2.05, 4.69) is 5.32 Å². The monoisotopic (exact) mass is 338 g/mol. The Labute approximate surface area is 145 Å². The normalized spacial score (nSPS) is 17.4. The highest BCUT2D eigenvalue weighted by molar-refractivity contribution is 5.80. The highest BCUT2D eigenvalue weighted by Crippen LogP contribution is 2.12. The van der Waals surface area contributed by atoms with Crippen molar-refractivity contribution in [1.82, 2.24) is 10.4 Å². The maximum atomic E-state index is 12.3. The largest absolute Gasteiger partial charge is 0.443 e. The fourth-order valence-corrected chi connectivity index (χ4v) is 2.32. The predicted molar refractivity (Wildman–Crippen MR) is 91.8 cm³/mol. The van der Waals surface area contributed by atoms with Crippen LogP contribution in [-0.4, -0.2) is 29.8 Å². The Kier molecular flexibility index (Phi) is 5.43. The maximum absolute atomic E-state index is 12.3. The standard InChI is InChI=1S/C19H18N2O4/c22-18-14-25-21(19(23)24-13-16-9-5-2-6-10-16)17(20-18)12-11-15-7-3-1-4-8-15/h1-12,17H,13-14H2,(H,20,22)/b12-11+. The second-order valence-electron chi connectivity index (χ2n) is 5.42. The molecule has 1 atom stereocenters. The lowest BCUT2D eigenvalue weighted by atomic mass is 10.2. The average molecular weight is 338 g/mol. The number of ether oxygens (including phenoxy) is 1. The molecule has 0 spiro atoms. The number of nitrogens with one attached hydrogen (secondary N) is 1. The van der Waals surface area contributed by atoms with Crippen LogP contribution in [0.3, 0.4) is 0 Å². The van der Waals surface area contributed by atoms with Gasteiger partial charge in [-0.2, -0.15) is 5.06 Å². The number of rotatable bonds is 4. The minimum Gasteiger partial charge on any atom is -0.443 e. The zero-order valence-electron chi connectivity index (χ0n) is 13.5. The van der Waals surface area contributed by atoms with Gasteiger partial charge in [0.25, 0.3) is 5.91 Å². The number of carbonyl (C=O) groups is 2. The van der Waals surface area contributed by atoms with Gasteiger partial charge in [-0.1, -0.05) is 66.7 Å². The molecule has 1 saturated heterocycles. The number of hydroxylamine groups is 2. The van der Waals surface area contributed by atoms with E-state index in [9.17, 15) is 9.59 Å². The summed E-state index contributed by atoms with van der Waals surface area (Å²) in [5.41, 5.74) is 1.81. The molecule has 3 rings (SSSR count). The lowest BCUT2D eigenvalue weighted by Gasteiger charge is -2.32. The zero-order valence-corrected chi connectivity index (χ0v) is 13.5. The predicted octanol–water partition coefficient (Wildman–Crippen LogP) is 2.73. The highest BCUT2D eigenvalue weighted by Gasteiger charge is 2.31. The zero-order chi connectivity index (χ0) is 17.5. The molecule has 6 heteroatoms. The summed E-state index contributed by atoms with van der Waals surface area (Å²) < 4.78 is 5.26. The summed E-state index contributed by atoms with van der Waals surface area (Å²) in [6.07, 6.45) is 2.09. The highest BCUT2D eigenvalue weighted by atomic mass is 16.7. The average Bonchev–Trinajstić information content (AvgIpc) is 2.66. The van der Waals surface area contributed by atoms with Crippen molar-refractivity contribution >= 4 is 18.1 Å². The quantitative estimate of drug-likeness (QED) is 0.931. The molecule has 1 heterocycles. The van der Waals surface area contributed by atoms with Gasteiger partial charge in [-0.15, -0.1) is 0 Å². The number of amides is 2. The van der Waals surface area contributed by atoms with Crippen LogP contribution in [-0.2, 0) is 21.0 Å². The summed E-state index contributed by atoms with van der Waals surface area (Å²) in [6, 6.07) is 18.9. The minimum atomic E-state index is -0.732. The molecule has 0 saturated carbocycles. The van der Waals surface area contributed by atoms with Crippen molar-refractivity contribution < 1.29 is 19.2 Å². The molecule has 1 fully saturated rings. The smallest absolute Gasteiger partial charge is 0.436 e. The summed E-state index contributed by atoms with van der Waals surface area (Å²) in [6.45, 7) is -0.0985. The maximum Gasteiger partial charge on any atom is 0.436 e. The van der Waals surface area contributed by atoms with Crippen LogP contribution in [0.15, 0.2) is 66.7 Å². The number of carbonyl (C=O) groups excluding carboxylic acids is 2. The lowest BCUT2D eigenvalue weighted by molar-refractivity contribution is -0.189. The van der Waals surface area contributed by atoms with E-state index >= 15 is 0 Å². The van der Waals surface area contributed by atoms with Crippen LogP contribution < -0.4 is 5.32 Å². The first-order valence-electron chi connectivity index (χ1n) is 7.88. The van der Waals surface area contributed by atoms with E-state index in [1.807, 2.05) is 60.7 Å². The molecular formula is C19H18N2O4. The first-order valence-corrected chi connectivity index (χ1v) is 7.88. The van der Waals surface area contributed by atoms with Crippen LogP contribution in [0.25, 0.3) is 6.08 Å². The van der Waals surface area contributed by atoms with Gasteiger partial charge in [-0.25, -0.2) is 4.79 Å². The summed E-state index contributed by atoms with van der Waals surface area (Å²) in [5.74, 6) is -0.296. The molecular weight excluding hydrogens is 320 g/mol. The summed E-state index contributed by atoms with van der Waals surface area (Å²) in [7, 11) is 0. The summed E-state index contributed by atoms with van der Waals surface area (Å²) >= 11 is 0. The third kappa shape index (κ3) is 4.68. The van der Waals surface area contributed by atoms with Gasteiger partial charge < -0.3 is 10.1 Å². The van der Waals surface area contributed by atoms with E-state index in [0.717, 1.165) is 16.2 Å². The first-order chi connectivity index (χ1) is 12.2. The van der Waals surface area contributed by atoms with Gasteiger partial charge in [0, 0.05) is 0 Å². The van der Waals surface area contributed by atoms with Gasteiger partial charge in [0.05, 0.1) is 0 Å². The van der Waals surface area contributed by atoms with Gasteiger partial charge >= 0.3 is 6.09 Å². The van der Waals surface area contributed by atoms with Crippen molar-refractivity contribution in [3.8, 4) is 0 Å². The molecule has 25 heavy (non-hydrogen) atoms. The summed E-state index contributed by atoms with van der Waals surface area (Å²) in [4.78, 5) is 29.1. The van der Waals surface area contributed by atoms with Crippen LogP contribution in [0, 0.1) is 0 Å². The van der Waals surface area contributed by atoms with Crippen molar-refractivity contribution in [2.75, 3.05) is 6.61 Å². The topological polar surface area (TPSA) is 67.9 Å². The van der Waals surface area contributed by atoms with Gasteiger partial charge in [-0.3, -0.25) is 9.63 Å². The van der Waals surface area contributed by atoms with Crippen molar-refractivity contribution in [3.05, 3.63) is 77.9 Å². The molecule has 1 N–H and O–H groups in total. The van der Waals surface area contributed by atoms with E-state index in [0.29, 0.717) is 0 Å². The van der Waals surface area contributed by atoms with Crippen LogP contribution in [0.5, 0.6) is 0 Å². The Hall–Kier alpha value is -3.12. The third-order valence-corrected chi connectivity index (χ3v) is 3.55. The van der Waals surface area contributed by atoms with Gasteiger partial charge in [0.15, 0.2) is 12.8 Å². The van der Waals surface area contributed by atoms with E-state index in [-0.39, 0.29) is 19.1 Å². The Balaban J connectivity index is 1.65. The van der Waals surface area contributed by atoms with Crippen LogP contribution in [0.1, 0.15) is 11.1 Å². The molecule has 0 radical (unpaired) electrons. The van der Waals surface area contributed by atoms with Crippen LogP contribution >= 0.6 is 0 Å². The molecule has 2 aromatic rings. The van der Waals surface area contributed by atoms with E-state index in [1.54, 1.807) is 12.2 Å². The Morgan fingerprint density at radius 3 is 2.56 bits per heavy atom. The number of nitrogens with zero attached hydrogens (tertiary/aromatic N) is 1. The van der Waals surface area contributed by atoms with Crippen molar-refractivity contribution in [3.63, 3.8) is 0 Å². The molecule has 0 bridgehead atoms. The Morgan fingerprint density at radius 1 is 1.16 bits per heavy atom. The van der Waals surface area contributed by atoms with Crippen LogP contribution in [0.2, 0.25) is 0 Å². The van der Waals surface area contributed by atoms with E-state index in [1.165, 1.54) is 0 Å². The number of hydrogen-bond donors (Lipinski definition) is 1. The molecule has 1 aliphatic heterocycles. The molecule has 2 aromatic carbocycles. The summed E-state index contributed by atoms with van der Waals surface area (Å²) in [5, 5.41) is 3.72. The van der Waals surface area contributed by atoms with Gasteiger partial charge in [0.2, 0.25) is 0 Å². The third-order valence-electron chi connectivity index (χ3n) is 3.55. The molecule has 128 valence electrons. The molecule has 6 nitrogen and oxygen atoms in total. The number of hydrogen-bond acceptors (Lipinski definition) is 4. The van der Waals surface area contributed by atoms with Crippen molar-refractivity contribution in [1.29, 1.82) is 0 Å². The van der Waals surface area contributed by atoms with Crippen molar-refractivity contribution in [2.24, 2.45) is 0 Å². The lowest BCUT2D eigenvalue weighted by Crippen LogP contribution is -2.56. The van der Waals surface area contributed by atoms with Crippen LogP contribution in [0.4, 0.5) is 4.79 Å². The van der Waals surface area contributed by atoms with Crippen molar-refractivity contribution in [2.45, 2.75) is 12.8 Å². The fourth-order valence-electron chi connectivity index (χ4n) is 2.32. The van der Waals surface area contributed by atoms with E-state index < -0.39 is 12.3 Å². The van der Waals surface area contributed by atoms with Gasteiger partial charge in [0.1, 0.15) is 6.61 Å². The SMILES string of the molecule is O=C1CON(C(=O)OCc2ccccc2)C(/C=C/c2ccccc2)N1. The van der Waals surface area contributed by atoms with E-state index in [4.69, 9.17) is 9.57 Å². The minimum absolute atomic E-state index is 0.128. The second-order valence-corrected chi connectivity index (χ2v) is 5.42. The molecule has 0 aliphatic carbocycles. The Bertz CT molecular complexity index is 747. The molecule has 1 unspecified atom stereocenters. The first kappa shape index (κ1) is 16.7. The molecule has 0 aromatic heterocycles. The fraction of sp³-hybridized carbons (Fsp3) is 0.158. The molecule has 1 aliphatic rings. The van der Waals surface area contributed by atoms with Gasteiger partial charge in [-0.05, 0) is 17.2 Å². The number of benzene rings is 2. The Morgan fingerprint density at radius 2 is 1.84 bits per heavy atom.